The van der Waals surface area contributed by atoms with Crippen LogP contribution in [-0.2, 0) is 4.74 Å². The lowest BCUT2D eigenvalue weighted by molar-refractivity contribution is 0.183. The predicted octanol–water partition coefficient (Wildman–Crippen LogP) is 4.89. The number of hydrogen-bond acceptors (Lipinski definition) is 9. The van der Waals surface area contributed by atoms with E-state index in [4.69, 9.17) is 9.26 Å². The Balaban J connectivity index is 2.13. The molecular formula is C22H20F2N4O5S. The van der Waals surface area contributed by atoms with Crippen LogP contribution in [0.1, 0.15) is 11.5 Å². The van der Waals surface area contributed by atoms with Crippen molar-refractivity contribution in [1.29, 1.82) is 0 Å². The van der Waals surface area contributed by atoms with Crippen molar-refractivity contribution in [3.63, 3.8) is 0 Å². The number of thioether (sulfide) groups is 1. The maximum atomic E-state index is 15.0. The number of amides is 1. The van der Waals surface area contributed by atoms with E-state index in [0.717, 1.165) is 24.9 Å². The lowest BCUT2D eigenvalue weighted by atomic mass is 10.1. The van der Waals surface area contributed by atoms with Gasteiger partial charge in [0.25, 0.3) is 0 Å². The Morgan fingerprint density at radius 1 is 1.26 bits per heavy atom. The molecule has 0 radical (unpaired) electrons. The van der Waals surface area contributed by atoms with E-state index in [2.05, 4.69) is 24.9 Å². The largest absolute Gasteiger partial charge is 0.505 e. The second-order valence-electron chi connectivity index (χ2n) is 6.58. The standard InChI is InChI=1S/C22H20F2N4O5S/c1-12-25-20(28-33-12)13-4-6-14(7-5-13)26-19(21(34-3)27-22(30)31-2)16-10-15(32-9-8-23)11-17(29)18(16)24/h4-7,10-11,29H,8-9H2,1-3H3. The zero-order valence-electron chi connectivity index (χ0n) is 18.4. The molecule has 1 N–H and O–H groups in total. The van der Waals surface area contributed by atoms with Crippen molar-refractivity contribution in [3.8, 4) is 22.9 Å². The Morgan fingerprint density at radius 2 is 2.00 bits per heavy atom. The minimum Gasteiger partial charge on any atom is -0.505 e. The molecule has 9 nitrogen and oxygen atoms in total. The van der Waals surface area contributed by atoms with Gasteiger partial charge < -0.3 is 19.1 Å². The highest BCUT2D eigenvalue weighted by molar-refractivity contribution is 8.15. The van der Waals surface area contributed by atoms with Gasteiger partial charge in [-0.25, -0.2) is 18.6 Å². The van der Waals surface area contributed by atoms with Crippen LogP contribution < -0.4 is 4.74 Å². The number of methoxy groups -OCH3 is 1. The molecule has 0 spiro atoms. The summed E-state index contributed by atoms with van der Waals surface area (Å²) in [4.78, 5) is 24.3. The predicted molar refractivity (Wildman–Crippen MR) is 124 cm³/mol. The molecule has 178 valence electrons. The number of benzene rings is 2. The molecule has 0 unspecified atom stereocenters. The number of carbonyl (C=O) groups is 1. The molecule has 0 atom stereocenters. The zero-order chi connectivity index (χ0) is 24.7. The van der Waals surface area contributed by atoms with Gasteiger partial charge in [-0.05, 0) is 36.6 Å². The fraction of sp³-hybridized carbons (Fsp3) is 0.227. The van der Waals surface area contributed by atoms with Crippen LogP contribution in [0.25, 0.3) is 11.4 Å². The van der Waals surface area contributed by atoms with E-state index >= 15 is 0 Å². The Hall–Kier alpha value is -3.80. The van der Waals surface area contributed by atoms with E-state index in [1.807, 2.05) is 0 Å². The molecule has 1 aromatic heterocycles. The van der Waals surface area contributed by atoms with Crippen molar-refractivity contribution in [2.24, 2.45) is 9.98 Å². The SMILES string of the molecule is COC(=O)N=C(SC)C(=Nc1ccc(-c2noc(C)n2)cc1)c1cc(OCCF)cc(O)c1F. The summed E-state index contributed by atoms with van der Waals surface area (Å²) in [5.74, 6) is -0.940. The van der Waals surface area contributed by atoms with Crippen molar-refractivity contribution in [2.45, 2.75) is 6.92 Å². The number of aromatic nitrogens is 2. The number of aryl methyl sites for hydroxylation is 1. The molecule has 1 amide bonds. The Morgan fingerprint density at radius 3 is 2.59 bits per heavy atom. The number of carbonyl (C=O) groups excluding carboxylic acids is 1. The van der Waals surface area contributed by atoms with Gasteiger partial charge in [-0.15, -0.1) is 11.8 Å². The number of hydrogen-bond donors (Lipinski definition) is 1. The van der Waals surface area contributed by atoms with E-state index in [9.17, 15) is 18.7 Å². The van der Waals surface area contributed by atoms with Gasteiger partial charge in [-0.3, -0.25) is 0 Å². The lowest BCUT2D eigenvalue weighted by Gasteiger charge is -2.13. The number of phenolic OH excluding ortho intramolecular Hbond substituents is 1. The van der Waals surface area contributed by atoms with E-state index in [1.165, 1.54) is 6.07 Å². The second-order valence-corrected chi connectivity index (χ2v) is 7.37. The van der Waals surface area contributed by atoms with Gasteiger partial charge in [0.05, 0.1) is 12.8 Å². The smallest absolute Gasteiger partial charge is 0.434 e. The van der Waals surface area contributed by atoms with Crippen LogP contribution in [0, 0.1) is 12.7 Å². The van der Waals surface area contributed by atoms with Crippen LogP contribution in [-0.4, -0.2) is 58.7 Å². The summed E-state index contributed by atoms with van der Waals surface area (Å²) >= 11 is 1.01. The molecule has 2 aromatic carbocycles. The third-order valence-corrected chi connectivity index (χ3v) is 4.96. The van der Waals surface area contributed by atoms with Crippen molar-refractivity contribution in [1.82, 2.24) is 10.1 Å². The average Bonchev–Trinajstić information content (AvgIpc) is 3.28. The topological polar surface area (TPSA) is 119 Å². The molecule has 0 fully saturated rings. The summed E-state index contributed by atoms with van der Waals surface area (Å²) in [5, 5.41) is 13.9. The summed E-state index contributed by atoms with van der Waals surface area (Å²) in [6.07, 6.45) is 0.689. The minimum atomic E-state index is -1.02. The fourth-order valence-corrected chi connectivity index (χ4v) is 3.29. The second kappa shape index (κ2) is 11.4. The molecule has 3 aromatic rings. The van der Waals surface area contributed by atoms with E-state index in [1.54, 1.807) is 37.4 Å². The van der Waals surface area contributed by atoms with Gasteiger partial charge in [-0.2, -0.15) is 9.98 Å². The molecular weight excluding hydrogens is 470 g/mol. The molecule has 12 heteroatoms. The van der Waals surface area contributed by atoms with E-state index in [-0.39, 0.29) is 28.7 Å². The normalized spacial score (nSPS) is 12.0. The van der Waals surface area contributed by atoms with E-state index in [0.29, 0.717) is 23.0 Å². The van der Waals surface area contributed by atoms with Crippen molar-refractivity contribution in [2.75, 3.05) is 26.6 Å². The quantitative estimate of drug-likeness (QED) is 0.367. The lowest BCUT2D eigenvalue weighted by Crippen LogP contribution is -2.16. The summed E-state index contributed by atoms with van der Waals surface area (Å²) < 4.78 is 42.3. The first kappa shape index (κ1) is 24.8. The number of aromatic hydroxyl groups is 1. The van der Waals surface area contributed by atoms with Gasteiger partial charge in [0, 0.05) is 24.1 Å². The molecule has 3 rings (SSSR count). The molecule has 0 bridgehead atoms. The van der Waals surface area contributed by atoms with Crippen LogP contribution in [0.4, 0.5) is 19.3 Å². The first-order valence-corrected chi connectivity index (χ1v) is 11.0. The zero-order valence-corrected chi connectivity index (χ0v) is 19.2. The van der Waals surface area contributed by atoms with Crippen LogP contribution in [0.2, 0.25) is 0 Å². The van der Waals surface area contributed by atoms with Gasteiger partial charge in [0.1, 0.15) is 29.8 Å². The summed E-state index contributed by atoms with van der Waals surface area (Å²) in [6, 6.07) is 8.88. The molecule has 0 aliphatic rings. The van der Waals surface area contributed by atoms with E-state index < -0.39 is 24.3 Å². The minimum absolute atomic E-state index is 0.0144. The van der Waals surface area contributed by atoms with Gasteiger partial charge in [-0.1, -0.05) is 5.16 Å². The molecule has 0 saturated heterocycles. The Labute approximate surface area is 197 Å². The summed E-state index contributed by atoms with van der Waals surface area (Å²) in [5.41, 5.74) is 0.763. The maximum absolute atomic E-state index is 15.0. The molecule has 0 aliphatic heterocycles. The van der Waals surface area contributed by atoms with Crippen LogP contribution in [0.5, 0.6) is 11.5 Å². The highest BCUT2D eigenvalue weighted by Gasteiger charge is 2.22. The number of aliphatic imine (C=N–C) groups is 2. The van der Waals surface area contributed by atoms with Crippen molar-refractivity contribution >= 4 is 34.3 Å². The highest BCUT2D eigenvalue weighted by atomic mass is 32.2. The average molecular weight is 490 g/mol. The third-order valence-electron chi connectivity index (χ3n) is 4.29. The Bertz CT molecular complexity index is 1230. The number of rotatable bonds is 7. The number of alkyl halides is 1. The highest BCUT2D eigenvalue weighted by Crippen LogP contribution is 2.30. The third kappa shape index (κ3) is 5.95. The molecule has 1 heterocycles. The summed E-state index contributed by atoms with van der Waals surface area (Å²) in [7, 11) is 1.15. The van der Waals surface area contributed by atoms with Crippen LogP contribution in [0.15, 0.2) is 50.9 Å². The molecule has 34 heavy (non-hydrogen) atoms. The first-order chi connectivity index (χ1) is 16.4. The Kier molecular flexibility index (Phi) is 8.30. The first-order valence-electron chi connectivity index (χ1n) is 9.78. The number of phenols is 1. The molecule has 0 aliphatic carbocycles. The summed E-state index contributed by atoms with van der Waals surface area (Å²) in [6.45, 7) is 0.599. The van der Waals surface area contributed by atoms with Gasteiger partial charge in [0.15, 0.2) is 11.6 Å². The number of nitrogens with zero attached hydrogens (tertiary/aromatic N) is 4. The maximum Gasteiger partial charge on any atom is 0.434 e. The number of ether oxygens (including phenoxy) is 2. The van der Waals surface area contributed by atoms with Gasteiger partial charge in [0.2, 0.25) is 11.7 Å². The van der Waals surface area contributed by atoms with Crippen molar-refractivity contribution < 1.29 is 32.7 Å². The number of halogens is 2. The van der Waals surface area contributed by atoms with Crippen LogP contribution >= 0.6 is 11.8 Å². The fourth-order valence-electron chi connectivity index (χ4n) is 2.77. The monoisotopic (exact) mass is 490 g/mol. The van der Waals surface area contributed by atoms with Crippen molar-refractivity contribution in [3.05, 3.63) is 53.7 Å². The van der Waals surface area contributed by atoms with Crippen LogP contribution in [0.3, 0.4) is 0 Å². The molecule has 0 saturated carbocycles. The van der Waals surface area contributed by atoms with Gasteiger partial charge >= 0.3 is 6.09 Å².